The van der Waals surface area contributed by atoms with Crippen LogP contribution in [-0.4, -0.2) is 16.5 Å². The molecule has 0 aliphatic rings. The number of hydrogen-bond donors (Lipinski definition) is 2. The minimum Gasteiger partial charge on any atom is -0.361 e. The Kier molecular flexibility index (Phi) is 5.20. The van der Waals surface area contributed by atoms with Gasteiger partial charge in [-0.3, -0.25) is 0 Å². The summed E-state index contributed by atoms with van der Waals surface area (Å²) in [5.41, 5.74) is 0. The Morgan fingerprint density at radius 2 is 2.20 bits per heavy atom. The summed E-state index contributed by atoms with van der Waals surface area (Å²) < 4.78 is 0. The van der Waals surface area contributed by atoms with Crippen LogP contribution in [-0.2, 0) is 0 Å². The molecule has 0 saturated heterocycles. The van der Waals surface area contributed by atoms with E-state index in [9.17, 15) is 0 Å². The summed E-state index contributed by atoms with van der Waals surface area (Å²) in [6.45, 7) is 7.14. The van der Waals surface area contributed by atoms with Crippen LogP contribution in [0, 0.1) is 5.92 Å². The lowest BCUT2D eigenvalue weighted by Crippen LogP contribution is -2.17. The van der Waals surface area contributed by atoms with E-state index in [2.05, 4.69) is 52.0 Å². The van der Waals surface area contributed by atoms with Crippen molar-refractivity contribution in [3.8, 4) is 0 Å². The van der Waals surface area contributed by atoms with Crippen molar-refractivity contribution < 1.29 is 0 Å². The molecule has 20 heavy (non-hydrogen) atoms. The molecule has 2 heterocycles. The summed E-state index contributed by atoms with van der Waals surface area (Å²) in [6.07, 6.45) is 1.63. The monoisotopic (exact) mass is 310 g/mol. The molecule has 1 atom stereocenters. The second-order valence-electron chi connectivity index (χ2n) is 4.80. The van der Waals surface area contributed by atoms with Gasteiger partial charge in [-0.1, -0.05) is 31.5 Å². The third kappa shape index (κ3) is 3.61. The van der Waals surface area contributed by atoms with Gasteiger partial charge in [-0.2, -0.15) is 4.98 Å². The summed E-state index contributed by atoms with van der Waals surface area (Å²) in [4.78, 5) is 9.86. The van der Waals surface area contributed by atoms with Gasteiger partial charge < -0.3 is 10.6 Å². The van der Waals surface area contributed by atoms with Crippen LogP contribution in [0.15, 0.2) is 23.7 Å². The Balaban J connectivity index is 2.24. The van der Waals surface area contributed by atoms with Crippen LogP contribution in [0.3, 0.4) is 0 Å². The van der Waals surface area contributed by atoms with Crippen molar-refractivity contribution in [1.29, 1.82) is 0 Å². The first-order valence-electron chi connectivity index (χ1n) is 6.68. The van der Waals surface area contributed by atoms with Gasteiger partial charge in [-0.25, -0.2) is 4.98 Å². The summed E-state index contributed by atoms with van der Waals surface area (Å²) in [5, 5.41) is 9.15. The fourth-order valence-corrected chi connectivity index (χ4v) is 2.99. The highest BCUT2D eigenvalue weighted by Crippen LogP contribution is 2.31. The Hall–Kier alpha value is -1.33. The topological polar surface area (TPSA) is 49.8 Å². The number of anilines is 2. The number of rotatable bonds is 6. The van der Waals surface area contributed by atoms with Gasteiger partial charge in [0.2, 0.25) is 5.95 Å². The van der Waals surface area contributed by atoms with E-state index in [1.54, 1.807) is 17.5 Å². The van der Waals surface area contributed by atoms with E-state index in [4.69, 9.17) is 11.6 Å². The number of halogens is 1. The highest BCUT2D eigenvalue weighted by Gasteiger charge is 2.18. The van der Waals surface area contributed by atoms with E-state index < -0.39 is 0 Å². The summed E-state index contributed by atoms with van der Waals surface area (Å²) in [6, 6.07) is 4.38. The fraction of sp³-hybridized carbons (Fsp3) is 0.429. The third-order valence-electron chi connectivity index (χ3n) is 2.89. The van der Waals surface area contributed by atoms with Gasteiger partial charge in [0.15, 0.2) is 5.82 Å². The molecule has 0 fully saturated rings. The molecule has 0 aliphatic heterocycles. The smallest absolute Gasteiger partial charge is 0.224 e. The zero-order valence-electron chi connectivity index (χ0n) is 11.9. The molecule has 0 radical (unpaired) electrons. The minimum atomic E-state index is 0.192. The normalized spacial score (nSPS) is 12.4. The van der Waals surface area contributed by atoms with E-state index in [0.717, 1.165) is 6.54 Å². The van der Waals surface area contributed by atoms with Gasteiger partial charge in [0, 0.05) is 11.4 Å². The molecule has 0 spiro atoms. The first-order valence-corrected chi connectivity index (χ1v) is 7.94. The largest absolute Gasteiger partial charge is 0.361 e. The maximum absolute atomic E-state index is 6.19. The Labute approximate surface area is 128 Å². The van der Waals surface area contributed by atoms with Gasteiger partial charge in [0.05, 0.1) is 12.2 Å². The maximum atomic E-state index is 6.19. The van der Waals surface area contributed by atoms with Crippen LogP contribution in [0.1, 0.15) is 31.7 Å². The van der Waals surface area contributed by atoms with E-state index in [1.807, 2.05) is 6.92 Å². The second kappa shape index (κ2) is 6.90. The molecule has 108 valence electrons. The Morgan fingerprint density at radius 3 is 2.80 bits per heavy atom. The van der Waals surface area contributed by atoms with Crippen LogP contribution >= 0.6 is 22.9 Å². The Morgan fingerprint density at radius 1 is 1.40 bits per heavy atom. The quantitative estimate of drug-likeness (QED) is 0.828. The number of nitrogens with zero attached hydrogens (tertiary/aromatic N) is 2. The predicted molar refractivity (Wildman–Crippen MR) is 86.7 cm³/mol. The highest BCUT2D eigenvalue weighted by molar-refractivity contribution is 7.10. The molecule has 2 aromatic heterocycles. The van der Waals surface area contributed by atoms with Crippen molar-refractivity contribution in [2.45, 2.75) is 26.8 Å². The van der Waals surface area contributed by atoms with Crippen molar-refractivity contribution in [1.82, 2.24) is 9.97 Å². The van der Waals surface area contributed by atoms with Crippen molar-refractivity contribution in [3.05, 3.63) is 33.6 Å². The lowest BCUT2D eigenvalue weighted by atomic mass is 10.0. The highest BCUT2D eigenvalue weighted by atomic mass is 35.5. The van der Waals surface area contributed by atoms with Crippen LogP contribution in [0.4, 0.5) is 11.8 Å². The average molecular weight is 311 g/mol. The molecule has 1 unspecified atom stereocenters. The third-order valence-corrected chi connectivity index (χ3v) is 4.12. The Bertz CT molecular complexity index is 542. The molecule has 6 heteroatoms. The first-order chi connectivity index (χ1) is 9.61. The molecule has 0 amide bonds. The molecular weight excluding hydrogens is 292 g/mol. The van der Waals surface area contributed by atoms with Crippen molar-refractivity contribution >= 4 is 34.7 Å². The summed E-state index contributed by atoms with van der Waals surface area (Å²) in [7, 11) is 0. The molecule has 0 aromatic carbocycles. The lowest BCUT2D eigenvalue weighted by Gasteiger charge is -2.22. The number of aromatic nitrogens is 2. The van der Waals surface area contributed by atoms with Gasteiger partial charge in [0.25, 0.3) is 0 Å². The van der Waals surface area contributed by atoms with E-state index in [-0.39, 0.29) is 6.04 Å². The number of thiophene rings is 1. The molecule has 2 rings (SSSR count). The van der Waals surface area contributed by atoms with Gasteiger partial charge >= 0.3 is 0 Å². The summed E-state index contributed by atoms with van der Waals surface area (Å²) in [5.74, 6) is 1.69. The predicted octanol–water partition coefficient (Wildman–Crippen LogP) is 4.43. The summed E-state index contributed by atoms with van der Waals surface area (Å²) >= 11 is 7.93. The van der Waals surface area contributed by atoms with Crippen LogP contribution < -0.4 is 10.6 Å². The standard InChI is InChI=1S/C14H19ClN4S/c1-4-16-14-17-8-10(15)13(19-14)18-12(9(2)3)11-6-5-7-20-11/h5-9,12H,4H2,1-3H3,(H2,16,17,18,19). The SMILES string of the molecule is CCNc1ncc(Cl)c(NC(c2cccs2)C(C)C)n1. The van der Waals surface area contributed by atoms with E-state index in [1.165, 1.54) is 4.88 Å². The first kappa shape index (κ1) is 15.1. The molecule has 0 saturated carbocycles. The molecule has 0 aliphatic carbocycles. The average Bonchev–Trinajstić information content (AvgIpc) is 2.93. The van der Waals surface area contributed by atoms with E-state index >= 15 is 0 Å². The van der Waals surface area contributed by atoms with Crippen LogP contribution in [0.25, 0.3) is 0 Å². The number of hydrogen-bond acceptors (Lipinski definition) is 5. The molecule has 2 N–H and O–H groups in total. The second-order valence-corrected chi connectivity index (χ2v) is 6.19. The molecular formula is C14H19ClN4S. The molecule has 0 bridgehead atoms. The van der Waals surface area contributed by atoms with Gasteiger partial charge in [-0.15, -0.1) is 11.3 Å². The van der Waals surface area contributed by atoms with Crippen molar-refractivity contribution in [3.63, 3.8) is 0 Å². The molecule has 4 nitrogen and oxygen atoms in total. The minimum absolute atomic E-state index is 0.192. The fourth-order valence-electron chi connectivity index (χ4n) is 1.89. The van der Waals surface area contributed by atoms with Gasteiger partial charge in [0.1, 0.15) is 5.02 Å². The zero-order chi connectivity index (χ0) is 14.5. The number of nitrogens with one attached hydrogen (secondary N) is 2. The molecule has 2 aromatic rings. The van der Waals surface area contributed by atoms with Gasteiger partial charge in [-0.05, 0) is 24.3 Å². The zero-order valence-corrected chi connectivity index (χ0v) is 13.4. The van der Waals surface area contributed by atoms with Crippen LogP contribution in [0.5, 0.6) is 0 Å². The van der Waals surface area contributed by atoms with Crippen LogP contribution in [0.2, 0.25) is 5.02 Å². The van der Waals surface area contributed by atoms with Crippen molar-refractivity contribution in [2.24, 2.45) is 5.92 Å². The van der Waals surface area contributed by atoms with E-state index in [0.29, 0.717) is 22.7 Å². The lowest BCUT2D eigenvalue weighted by molar-refractivity contribution is 0.552. The van der Waals surface area contributed by atoms with Crippen molar-refractivity contribution in [2.75, 3.05) is 17.2 Å². The maximum Gasteiger partial charge on any atom is 0.224 e.